The van der Waals surface area contributed by atoms with Gasteiger partial charge in [0.1, 0.15) is 6.04 Å². The molecule has 0 fully saturated rings. The van der Waals surface area contributed by atoms with Crippen LogP contribution in [0.25, 0.3) is 0 Å². The zero-order chi connectivity index (χ0) is 11.9. The van der Waals surface area contributed by atoms with Crippen molar-refractivity contribution in [1.82, 2.24) is 0 Å². The quantitative estimate of drug-likeness (QED) is 0.416. The van der Waals surface area contributed by atoms with Crippen LogP contribution in [-0.2, 0) is 18.0 Å². The van der Waals surface area contributed by atoms with Gasteiger partial charge in [-0.25, -0.2) is 9.36 Å². The fraction of sp³-hybridized carbons (Fsp3) is 0.833. The molecule has 0 aromatic rings. The maximum atomic E-state index is 11.1. The van der Waals surface area contributed by atoms with Gasteiger partial charge in [0.25, 0.3) is 0 Å². The summed E-state index contributed by atoms with van der Waals surface area (Å²) in [6, 6.07) is -0.983. The number of unbranched alkanes of at least 4 members (excludes halogenated alkanes) is 1. The fourth-order valence-corrected chi connectivity index (χ4v) is 1.30. The second-order valence-electron chi connectivity index (χ2n) is 2.84. The second-order valence-corrected chi connectivity index (χ2v) is 4.51. The molecule has 0 amide bonds. The van der Waals surface area contributed by atoms with Crippen LogP contribution in [0.3, 0.4) is 0 Å². The van der Waals surface area contributed by atoms with Crippen LogP contribution >= 0.6 is 19.7 Å². The minimum atomic E-state index is -4.51. The highest BCUT2D eigenvalue weighted by Gasteiger charge is 2.28. The van der Waals surface area contributed by atoms with Crippen molar-refractivity contribution < 1.29 is 28.3 Å². The van der Waals surface area contributed by atoms with Gasteiger partial charge in [-0.15, -0.1) is 0 Å². The van der Waals surface area contributed by atoms with Crippen LogP contribution in [-0.4, -0.2) is 28.9 Å². The second kappa shape index (κ2) is 8.89. The summed E-state index contributed by atoms with van der Waals surface area (Å²) in [5.74, 6) is -1.03. The lowest BCUT2D eigenvalue weighted by molar-refractivity contribution is -0.137. The molecule has 0 bridgehead atoms. The molecular weight excluding hydrogens is 263 g/mol. The summed E-state index contributed by atoms with van der Waals surface area (Å²) in [6.07, 6.45) is 1.66. The van der Waals surface area contributed by atoms with Crippen LogP contribution in [0.2, 0.25) is 0 Å². The summed E-state index contributed by atoms with van der Waals surface area (Å²) < 4.78 is 18.3. The molecule has 16 heavy (non-hydrogen) atoms. The number of halogens is 1. The Morgan fingerprint density at radius 3 is 2.50 bits per heavy atom. The highest BCUT2D eigenvalue weighted by atomic mass is 35.5. The molecule has 98 valence electrons. The molecule has 0 rings (SSSR count). The van der Waals surface area contributed by atoms with Gasteiger partial charge in [-0.05, 0) is 19.4 Å². The standard InChI is InChI=1S/C6H14ClN2O5P.H2O/c7-14-15(11,12)13-6(10)5(9)3-1-2-4-8;/h5H,1-4,8-9H2,(H,11,12);1H2/t5-;/m0./s1. The molecule has 0 spiro atoms. The summed E-state index contributed by atoms with van der Waals surface area (Å²) in [7, 11) is -4.51. The van der Waals surface area contributed by atoms with E-state index < -0.39 is 19.8 Å². The SMILES string of the molecule is NCCCC[C@H](N)C(=O)OP(=O)(O)OCl.O. The van der Waals surface area contributed by atoms with Crippen LogP contribution in [0.4, 0.5) is 0 Å². The molecule has 2 atom stereocenters. The number of carbonyl (C=O) groups is 1. The summed E-state index contributed by atoms with van der Waals surface area (Å²) in [4.78, 5) is 19.8. The fourth-order valence-electron chi connectivity index (χ4n) is 0.822. The monoisotopic (exact) mass is 278 g/mol. The molecule has 7 N–H and O–H groups in total. The third-order valence-electron chi connectivity index (χ3n) is 1.56. The maximum Gasteiger partial charge on any atom is 0.546 e. The van der Waals surface area contributed by atoms with Gasteiger partial charge in [-0.2, -0.15) is 4.08 Å². The van der Waals surface area contributed by atoms with Crippen LogP contribution in [0.15, 0.2) is 0 Å². The number of hydrogen-bond donors (Lipinski definition) is 3. The van der Waals surface area contributed by atoms with Crippen molar-refractivity contribution >= 4 is 25.7 Å². The molecule has 0 heterocycles. The third kappa shape index (κ3) is 8.00. The Bertz CT molecular complexity index is 253. The van der Waals surface area contributed by atoms with Gasteiger partial charge < -0.3 is 21.5 Å². The molecule has 0 aliphatic heterocycles. The molecule has 0 aliphatic rings. The number of hydrogen-bond acceptors (Lipinski definition) is 6. The number of phosphoric acid groups is 1. The lowest BCUT2D eigenvalue weighted by atomic mass is 10.1. The van der Waals surface area contributed by atoms with E-state index in [4.69, 9.17) is 16.4 Å². The first-order valence-electron chi connectivity index (χ1n) is 4.25. The summed E-state index contributed by atoms with van der Waals surface area (Å²) in [5, 5.41) is 0. The Labute approximate surface area is 97.9 Å². The van der Waals surface area contributed by atoms with Crippen LogP contribution in [0.5, 0.6) is 0 Å². The Kier molecular flexibility index (Phi) is 10.1. The average molecular weight is 279 g/mol. The van der Waals surface area contributed by atoms with Crippen LogP contribution < -0.4 is 11.5 Å². The van der Waals surface area contributed by atoms with Crippen molar-refractivity contribution in [2.24, 2.45) is 11.5 Å². The Morgan fingerprint density at radius 1 is 1.50 bits per heavy atom. The number of carbonyl (C=O) groups excluding carboxylic acids is 1. The van der Waals surface area contributed by atoms with E-state index in [2.05, 4.69) is 20.5 Å². The van der Waals surface area contributed by atoms with E-state index in [1.54, 1.807) is 0 Å². The van der Waals surface area contributed by atoms with Gasteiger partial charge in [0.2, 0.25) is 0 Å². The minimum Gasteiger partial charge on any atom is -0.412 e. The number of phosphoric ester groups is 1. The molecule has 1 unspecified atom stereocenters. The van der Waals surface area contributed by atoms with Gasteiger partial charge in [-0.1, -0.05) is 6.42 Å². The lowest BCUT2D eigenvalue weighted by Crippen LogP contribution is -2.31. The molecular formula is C6H16ClN2O6P. The zero-order valence-electron chi connectivity index (χ0n) is 8.47. The first kappa shape index (κ1) is 18.2. The van der Waals surface area contributed by atoms with Gasteiger partial charge in [0, 0.05) is 0 Å². The predicted octanol–water partition coefficient (Wildman–Crippen LogP) is -0.568. The highest BCUT2D eigenvalue weighted by Crippen LogP contribution is 2.44. The normalized spacial score (nSPS) is 15.8. The smallest absolute Gasteiger partial charge is 0.412 e. The highest BCUT2D eigenvalue weighted by molar-refractivity contribution is 7.49. The van der Waals surface area contributed by atoms with E-state index in [0.29, 0.717) is 25.8 Å². The van der Waals surface area contributed by atoms with E-state index in [1.807, 2.05) is 0 Å². The maximum absolute atomic E-state index is 11.1. The van der Waals surface area contributed by atoms with Crippen molar-refractivity contribution in [2.45, 2.75) is 25.3 Å². The third-order valence-corrected chi connectivity index (χ3v) is 2.67. The Balaban J connectivity index is 0. The first-order chi connectivity index (χ1) is 6.93. The summed E-state index contributed by atoms with van der Waals surface area (Å²) >= 11 is 4.62. The van der Waals surface area contributed by atoms with E-state index in [0.717, 1.165) is 0 Å². The van der Waals surface area contributed by atoms with E-state index >= 15 is 0 Å². The molecule has 0 radical (unpaired) electrons. The average Bonchev–Trinajstić information content (AvgIpc) is 2.17. The van der Waals surface area contributed by atoms with Crippen LogP contribution in [0.1, 0.15) is 19.3 Å². The summed E-state index contributed by atoms with van der Waals surface area (Å²) in [6.45, 7) is 0.491. The first-order valence-corrected chi connectivity index (χ1v) is 6.05. The number of nitrogens with two attached hydrogens (primary N) is 2. The van der Waals surface area contributed by atoms with Gasteiger partial charge in [-0.3, -0.25) is 4.89 Å². The Hall–Kier alpha value is -0.210. The lowest BCUT2D eigenvalue weighted by Gasteiger charge is -2.12. The predicted molar refractivity (Wildman–Crippen MR) is 57.3 cm³/mol. The van der Waals surface area contributed by atoms with Crippen molar-refractivity contribution in [3.63, 3.8) is 0 Å². The molecule has 0 saturated carbocycles. The Morgan fingerprint density at radius 2 is 2.06 bits per heavy atom. The summed E-state index contributed by atoms with van der Waals surface area (Å²) in [5.41, 5.74) is 10.6. The van der Waals surface area contributed by atoms with E-state index in [-0.39, 0.29) is 5.48 Å². The molecule has 0 aromatic heterocycles. The molecule has 0 aliphatic carbocycles. The van der Waals surface area contributed by atoms with Crippen LogP contribution in [0, 0.1) is 0 Å². The van der Waals surface area contributed by atoms with E-state index in [1.165, 1.54) is 0 Å². The topological polar surface area (TPSA) is 156 Å². The molecule has 0 aromatic carbocycles. The van der Waals surface area contributed by atoms with Gasteiger partial charge >= 0.3 is 13.8 Å². The minimum absolute atomic E-state index is 0. The largest absolute Gasteiger partial charge is 0.546 e. The molecule has 10 heteroatoms. The molecule has 0 saturated heterocycles. The van der Waals surface area contributed by atoms with Gasteiger partial charge in [0.05, 0.1) is 11.9 Å². The van der Waals surface area contributed by atoms with Crippen molar-refractivity contribution in [3.8, 4) is 0 Å². The zero-order valence-corrected chi connectivity index (χ0v) is 10.1. The number of rotatable bonds is 7. The van der Waals surface area contributed by atoms with Gasteiger partial charge in [0.15, 0.2) is 0 Å². The van der Waals surface area contributed by atoms with Crippen molar-refractivity contribution in [2.75, 3.05) is 6.54 Å². The van der Waals surface area contributed by atoms with Crippen molar-refractivity contribution in [1.29, 1.82) is 0 Å². The molecule has 8 nitrogen and oxygen atoms in total. The van der Waals surface area contributed by atoms with Crippen molar-refractivity contribution in [3.05, 3.63) is 0 Å². The van der Waals surface area contributed by atoms with E-state index in [9.17, 15) is 9.36 Å².